The van der Waals surface area contributed by atoms with Crippen molar-refractivity contribution in [2.45, 2.75) is 38.6 Å². The number of methoxy groups -OCH3 is 2. The highest BCUT2D eigenvalue weighted by atomic mass is 16.7. The van der Waals surface area contributed by atoms with Gasteiger partial charge in [0.25, 0.3) is 0 Å². The first-order valence-corrected chi connectivity index (χ1v) is 7.45. The number of benzene rings is 1. The first-order chi connectivity index (χ1) is 10.2. The fourth-order valence-corrected chi connectivity index (χ4v) is 3.00. The van der Waals surface area contributed by atoms with Gasteiger partial charge in [0.2, 0.25) is 0 Å². The zero-order valence-electron chi connectivity index (χ0n) is 13.0. The molecular weight excluding hydrogens is 268 g/mol. The van der Waals surface area contributed by atoms with Crippen LogP contribution in [-0.4, -0.2) is 32.6 Å². The number of carbonyl (C=O) groups is 1. The third-order valence-electron chi connectivity index (χ3n) is 4.31. The maximum absolute atomic E-state index is 11.8. The van der Waals surface area contributed by atoms with Crippen LogP contribution in [0.25, 0.3) is 0 Å². The number of hydrogen-bond donors (Lipinski definition) is 0. The van der Waals surface area contributed by atoms with Gasteiger partial charge in [0.1, 0.15) is 0 Å². The van der Waals surface area contributed by atoms with Crippen LogP contribution in [0.4, 0.5) is 0 Å². The van der Waals surface area contributed by atoms with E-state index in [4.69, 9.17) is 14.2 Å². The van der Waals surface area contributed by atoms with Crippen molar-refractivity contribution in [3.8, 4) is 0 Å². The number of rotatable bonds is 6. The molecule has 1 aliphatic heterocycles. The molecule has 1 saturated heterocycles. The van der Waals surface area contributed by atoms with E-state index in [-0.39, 0.29) is 30.2 Å². The Hall–Kier alpha value is -1.39. The van der Waals surface area contributed by atoms with E-state index in [1.807, 2.05) is 25.1 Å². The van der Waals surface area contributed by atoms with Crippen molar-refractivity contribution >= 4 is 5.97 Å². The van der Waals surface area contributed by atoms with E-state index in [0.717, 1.165) is 19.3 Å². The normalized spacial score (nSPS) is 26.5. The fourth-order valence-electron chi connectivity index (χ4n) is 3.00. The zero-order chi connectivity index (χ0) is 15.2. The summed E-state index contributed by atoms with van der Waals surface area (Å²) in [6, 6.07) is 10.3. The molecule has 0 amide bonds. The zero-order valence-corrected chi connectivity index (χ0v) is 13.0. The summed E-state index contributed by atoms with van der Waals surface area (Å²) in [5, 5.41) is 0. The largest absolute Gasteiger partial charge is 0.469 e. The van der Waals surface area contributed by atoms with Gasteiger partial charge in [-0.3, -0.25) is 4.79 Å². The Labute approximate surface area is 126 Å². The number of carbonyl (C=O) groups excluding carboxylic acids is 1. The van der Waals surface area contributed by atoms with Gasteiger partial charge in [-0.2, -0.15) is 0 Å². The summed E-state index contributed by atoms with van der Waals surface area (Å²) < 4.78 is 16.1. The maximum Gasteiger partial charge on any atom is 0.308 e. The second kappa shape index (κ2) is 7.57. The Morgan fingerprint density at radius 3 is 2.67 bits per heavy atom. The van der Waals surface area contributed by atoms with Gasteiger partial charge in [0.05, 0.1) is 19.1 Å². The molecule has 0 N–H and O–H groups in total. The average Bonchev–Trinajstić information content (AvgIpc) is 2.95. The van der Waals surface area contributed by atoms with Crippen LogP contribution in [0.15, 0.2) is 30.3 Å². The summed E-state index contributed by atoms with van der Waals surface area (Å²) >= 11 is 0. The summed E-state index contributed by atoms with van der Waals surface area (Å²) in [7, 11) is 3.07. The second-order valence-corrected chi connectivity index (χ2v) is 5.58. The fraction of sp³-hybridized carbons (Fsp3) is 0.588. The van der Waals surface area contributed by atoms with E-state index in [1.165, 1.54) is 12.7 Å². The van der Waals surface area contributed by atoms with E-state index in [1.54, 1.807) is 7.11 Å². The number of ether oxygens (including phenoxy) is 3. The third-order valence-corrected chi connectivity index (χ3v) is 4.31. The van der Waals surface area contributed by atoms with Crippen molar-refractivity contribution < 1.29 is 19.0 Å². The molecule has 0 saturated carbocycles. The molecule has 4 atom stereocenters. The molecule has 0 radical (unpaired) electrons. The molecule has 1 fully saturated rings. The SMILES string of the molecule is COC(=O)[C@@H](C)[C@H]1C[C@H](OC)O[C@H]1CCc1ccccc1. The van der Waals surface area contributed by atoms with Crippen molar-refractivity contribution in [1.82, 2.24) is 0 Å². The van der Waals surface area contributed by atoms with Gasteiger partial charge in [0.15, 0.2) is 6.29 Å². The van der Waals surface area contributed by atoms with Crippen molar-refractivity contribution in [3.63, 3.8) is 0 Å². The molecule has 0 aliphatic carbocycles. The third kappa shape index (κ3) is 4.05. The van der Waals surface area contributed by atoms with Crippen LogP contribution < -0.4 is 0 Å². The minimum atomic E-state index is -0.220. The lowest BCUT2D eigenvalue weighted by Crippen LogP contribution is -2.29. The number of aryl methyl sites for hydroxylation is 1. The molecule has 1 heterocycles. The molecule has 116 valence electrons. The lowest BCUT2D eigenvalue weighted by molar-refractivity contribution is -0.148. The molecule has 0 spiro atoms. The number of hydrogen-bond acceptors (Lipinski definition) is 4. The van der Waals surface area contributed by atoms with Crippen molar-refractivity contribution in [1.29, 1.82) is 0 Å². The minimum absolute atomic E-state index is 0.0317. The van der Waals surface area contributed by atoms with E-state index in [0.29, 0.717) is 0 Å². The Bertz CT molecular complexity index is 445. The second-order valence-electron chi connectivity index (χ2n) is 5.58. The van der Waals surface area contributed by atoms with Gasteiger partial charge in [-0.25, -0.2) is 0 Å². The monoisotopic (exact) mass is 292 g/mol. The Balaban J connectivity index is 1.99. The van der Waals surface area contributed by atoms with Crippen LogP contribution in [-0.2, 0) is 25.4 Å². The summed E-state index contributed by atoms with van der Waals surface area (Å²) in [6.07, 6.45) is 2.38. The van der Waals surface area contributed by atoms with Crippen molar-refractivity contribution in [3.05, 3.63) is 35.9 Å². The van der Waals surface area contributed by atoms with Crippen LogP contribution in [0.2, 0.25) is 0 Å². The molecule has 1 aliphatic rings. The summed E-state index contributed by atoms with van der Waals surface area (Å²) in [5.74, 6) is -0.202. The van der Waals surface area contributed by atoms with Crippen LogP contribution in [0, 0.1) is 11.8 Å². The van der Waals surface area contributed by atoms with Gasteiger partial charge in [-0.05, 0) is 18.4 Å². The van der Waals surface area contributed by atoms with E-state index in [9.17, 15) is 4.79 Å². The molecular formula is C17H24O4. The van der Waals surface area contributed by atoms with Crippen LogP contribution >= 0.6 is 0 Å². The summed E-state index contributed by atoms with van der Waals surface area (Å²) in [6.45, 7) is 1.91. The molecule has 4 nitrogen and oxygen atoms in total. The molecule has 1 aromatic carbocycles. The van der Waals surface area contributed by atoms with Crippen LogP contribution in [0.3, 0.4) is 0 Å². The minimum Gasteiger partial charge on any atom is -0.469 e. The summed E-state index contributed by atoms with van der Waals surface area (Å²) in [4.78, 5) is 11.8. The highest BCUT2D eigenvalue weighted by Crippen LogP contribution is 2.35. The quantitative estimate of drug-likeness (QED) is 0.756. The highest BCUT2D eigenvalue weighted by Gasteiger charge is 2.40. The molecule has 21 heavy (non-hydrogen) atoms. The van der Waals surface area contributed by atoms with Crippen LogP contribution in [0.5, 0.6) is 0 Å². The molecule has 0 aromatic heterocycles. The van der Waals surface area contributed by atoms with Gasteiger partial charge >= 0.3 is 5.97 Å². The first-order valence-electron chi connectivity index (χ1n) is 7.45. The lowest BCUT2D eigenvalue weighted by Gasteiger charge is -2.22. The van der Waals surface area contributed by atoms with Gasteiger partial charge in [0, 0.05) is 19.4 Å². The topological polar surface area (TPSA) is 44.8 Å². The molecule has 2 rings (SSSR count). The molecule has 1 aromatic rings. The van der Waals surface area contributed by atoms with E-state index >= 15 is 0 Å². The summed E-state index contributed by atoms with van der Waals surface area (Å²) in [5.41, 5.74) is 1.28. The highest BCUT2D eigenvalue weighted by molar-refractivity contribution is 5.72. The van der Waals surface area contributed by atoms with Gasteiger partial charge < -0.3 is 14.2 Å². The van der Waals surface area contributed by atoms with E-state index < -0.39 is 0 Å². The maximum atomic E-state index is 11.8. The van der Waals surface area contributed by atoms with Crippen LogP contribution in [0.1, 0.15) is 25.3 Å². The van der Waals surface area contributed by atoms with Crippen molar-refractivity contribution in [2.24, 2.45) is 11.8 Å². The predicted molar refractivity (Wildman–Crippen MR) is 79.7 cm³/mol. The molecule has 0 unspecified atom stereocenters. The average molecular weight is 292 g/mol. The standard InChI is InChI=1S/C17H24O4/c1-12(17(18)20-3)14-11-16(19-2)21-15(14)10-9-13-7-5-4-6-8-13/h4-8,12,14-16H,9-11H2,1-3H3/t12-,14+,15-,16+/m0/s1. The Morgan fingerprint density at radius 2 is 2.05 bits per heavy atom. The molecule has 4 heteroatoms. The smallest absolute Gasteiger partial charge is 0.308 e. The Morgan fingerprint density at radius 1 is 1.33 bits per heavy atom. The van der Waals surface area contributed by atoms with Gasteiger partial charge in [-0.15, -0.1) is 0 Å². The Kier molecular flexibility index (Phi) is 5.76. The van der Waals surface area contributed by atoms with Gasteiger partial charge in [-0.1, -0.05) is 37.3 Å². The molecule has 0 bridgehead atoms. The lowest BCUT2D eigenvalue weighted by atomic mass is 9.85. The first kappa shape index (κ1) is 16.0. The predicted octanol–water partition coefficient (Wildman–Crippen LogP) is 2.81. The van der Waals surface area contributed by atoms with Crippen molar-refractivity contribution in [2.75, 3.05) is 14.2 Å². The number of esters is 1. The van der Waals surface area contributed by atoms with E-state index in [2.05, 4.69) is 12.1 Å².